The van der Waals surface area contributed by atoms with Crippen molar-refractivity contribution in [2.24, 2.45) is 46.3 Å². The average Bonchev–Trinajstić information content (AvgIpc) is 3.16. The van der Waals surface area contributed by atoms with Crippen LogP contribution in [0.15, 0.2) is 48.1 Å². The van der Waals surface area contributed by atoms with Gasteiger partial charge in [-0.15, -0.1) is 0 Å². The van der Waals surface area contributed by atoms with Crippen molar-refractivity contribution in [2.75, 3.05) is 13.2 Å². The summed E-state index contributed by atoms with van der Waals surface area (Å²) < 4.78 is 72.0. The van der Waals surface area contributed by atoms with Crippen LogP contribution in [-0.2, 0) is 4.74 Å². The fourth-order valence-corrected chi connectivity index (χ4v) is 12.2. The predicted octanol–water partition coefficient (Wildman–Crippen LogP) is 14.4. The Morgan fingerprint density at radius 1 is 0.569 bits per heavy atom. The van der Waals surface area contributed by atoms with Crippen LogP contribution in [0.25, 0.3) is 0 Å². The number of rotatable bonds is 14. The van der Waals surface area contributed by atoms with Crippen LogP contribution in [0, 0.1) is 46.3 Å². The van der Waals surface area contributed by atoms with Gasteiger partial charge < -0.3 is 4.74 Å². The normalized spacial score (nSPS) is 38.2. The Labute approximate surface area is 308 Å². The summed E-state index contributed by atoms with van der Waals surface area (Å²) in [5.74, 6) is -0.235. The first-order chi connectivity index (χ1) is 24.7. The summed E-state index contributed by atoms with van der Waals surface area (Å²) >= 11 is 0. The van der Waals surface area contributed by atoms with E-state index in [0.717, 1.165) is 102 Å². The molecule has 0 bridgehead atoms. The molecular formula is C46H70F4O. The average molecular weight is 715 g/mol. The Morgan fingerprint density at radius 3 is 1.27 bits per heavy atom. The van der Waals surface area contributed by atoms with Crippen LogP contribution in [-0.4, -0.2) is 24.6 Å². The standard InChI is InChI=1S/C46H70F4O/c1-3-5-13-35-15-19-39(20-16-35)43(25-9-7-10-26-43)45(49)29-23-37(41(47)31-45)33-51-34-38-24-30-46(50,32-42(38)48)44(27-11-8-12-28-44)40-21-17-36(18-22-40)14-6-4-2/h23-24,29-32,35-40H,3-22,25-28,33-34H2,1-2H3/t35?,36?,37-,38-,39?,40?,45+,46+/m0/s1. The molecule has 5 heteroatoms. The third kappa shape index (κ3) is 8.34. The van der Waals surface area contributed by atoms with Crippen LogP contribution in [0.2, 0.25) is 0 Å². The van der Waals surface area contributed by atoms with Crippen molar-refractivity contribution in [3.8, 4) is 0 Å². The van der Waals surface area contributed by atoms with Crippen LogP contribution in [0.1, 0.15) is 168 Å². The highest BCUT2D eigenvalue weighted by Gasteiger charge is 2.57. The Bertz CT molecular complexity index is 1130. The van der Waals surface area contributed by atoms with E-state index >= 15 is 17.6 Å². The number of hydrogen-bond acceptors (Lipinski definition) is 1. The molecule has 0 aliphatic heterocycles. The number of unbranched alkanes of at least 4 members (excludes halogenated alkanes) is 2. The van der Waals surface area contributed by atoms with Crippen molar-refractivity contribution in [2.45, 2.75) is 179 Å². The van der Waals surface area contributed by atoms with Crippen LogP contribution in [0.5, 0.6) is 0 Å². The molecule has 0 saturated heterocycles. The summed E-state index contributed by atoms with van der Waals surface area (Å²) in [7, 11) is 0. The predicted molar refractivity (Wildman–Crippen MR) is 203 cm³/mol. The fraction of sp³-hybridized carbons (Fsp3) is 0.826. The molecule has 4 atom stereocenters. The second kappa shape index (κ2) is 17.4. The first kappa shape index (κ1) is 39.3. The molecule has 0 radical (unpaired) electrons. The monoisotopic (exact) mass is 715 g/mol. The van der Waals surface area contributed by atoms with E-state index in [1.165, 1.54) is 76.4 Å². The molecule has 0 heterocycles. The number of allylic oxidation sites excluding steroid dienone is 4. The van der Waals surface area contributed by atoms with Crippen molar-refractivity contribution in [3.05, 3.63) is 48.1 Å². The Kier molecular flexibility index (Phi) is 13.4. The topological polar surface area (TPSA) is 9.23 Å². The van der Waals surface area contributed by atoms with E-state index in [1.807, 2.05) is 0 Å². The van der Waals surface area contributed by atoms with Gasteiger partial charge in [-0.05, 0) is 99.3 Å². The van der Waals surface area contributed by atoms with Crippen molar-refractivity contribution in [3.63, 3.8) is 0 Å². The minimum Gasteiger partial charge on any atom is -0.379 e. The quantitative estimate of drug-likeness (QED) is 0.129. The van der Waals surface area contributed by atoms with Gasteiger partial charge in [-0.1, -0.05) is 129 Å². The van der Waals surface area contributed by atoms with E-state index in [1.54, 1.807) is 24.3 Å². The lowest BCUT2D eigenvalue weighted by Crippen LogP contribution is -2.51. The molecule has 51 heavy (non-hydrogen) atoms. The summed E-state index contributed by atoms with van der Waals surface area (Å²) in [4.78, 5) is 0. The molecule has 288 valence electrons. The van der Waals surface area contributed by atoms with E-state index in [-0.39, 0.29) is 25.0 Å². The molecule has 0 spiro atoms. The molecule has 6 aliphatic rings. The number of halogens is 4. The molecule has 0 aromatic carbocycles. The Morgan fingerprint density at radius 2 is 0.941 bits per heavy atom. The zero-order chi connectivity index (χ0) is 36.0. The second-order valence-corrected chi connectivity index (χ2v) is 18.2. The van der Waals surface area contributed by atoms with Gasteiger partial charge in [0.2, 0.25) is 0 Å². The minimum absolute atomic E-state index is 0.0219. The lowest BCUT2D eigenvalue weighted by molar-refractivity contribution is -0.0445. The summed E-state index contributed by atoms with van der Waals surface area (Å²) in [5.41, 5.74) is -4.65. The van der Waals surface area contributed by atoms with Crippen molar-refractivity contribution >= 4 is 0 Å². The molecule has 0 amide bonds. The van der Waals surface area contributed by atoms with E-state index < -0.39 is 45.7 Å². The van der Waals surface area contributed by atoms with Crippen LogP contribution in [0.4, 0.5) is 17.6 Å². The Balaban J connectivity index is 1.06. The third-order valence-corrected chi connectivity index (χ3v) is 15.3. The molecule has 0 aromatic rings. The third-order valence-electron chi connectivity index (χ3n) is 15.3. The SMILES string of the molecule is CCCCC1CCC(C2([C@@]3(F)C=C[C@@H](COC[C@@H]4C=C[C@](F)(C5(C6CCC(CCCC)CC6)CCCCC5)C=C4F)C(F)=C3)CCCCC2)CC1. The first-order valence-electron chi connectivity index (χ1n) is 21.8. The zero-order valence-electron chi connectivity index (χ0n) is 32.2. The molecule has 0 N–H and O–H groups in total. The molecule has 0 aromatic heterocycles. The summed E-state index contributed by atoms with van der Waals surface area (Å²) in [6.45, 7) is 4.53. The lowest BCUT2D eigenvalue weighted by atomic mass is 9.53. The van der Waals surface area contributed by atoms with Crippen LogP contribution in [0.3, 0.4) is 0 Å². The summed E-state index contributed by atoms with van der Waals surface area (Å²) in [6, 6.07) is 0. The molecule has 4 saturated carbocycles. The van der Waals surface area contributed by atoms with Gasteiger partial charge >= 0.3 is 0 Å². The summed E-state index contributed by atoms with van der Waals surface area (Å²) in [6.07, 6.45) is 35.2. The van der Waals surface area contributed by atoms with Crippen molar-refractivity contribution in [1.29, 1.82) is 0 Å². The van der Waals surface area contributed by atoms with Gasteiger partial charge in [-0.25, -0.2) is 17.6 Å². The molecule has 4 fully saturated rings. The maximum absolute atomic E-state index is 17.2. The maximum atomic E-state index is 17.2. The highest BCUT2D eigenvalue weighted by atomic mass is 19.2. The Hall–Kier alpha value is -1.36. The number of hydrogen-bond donors (Lipinski definition) is 0. The second-order valence-electron chi connectivity index (χ2n) is 18.2. The highest BCUT2D eigenvalue weighted by molar-refractivity contribution is 5.33. The first-order valence-corrected chi connectivity index (χ1v) is 21.8. The molecule has 1 nitrogen and oxygen atoms in total. The molecule has 6 rings (SSSR count). The highest BCUT2D eigenvalue weighted by Crippen LogP contribution is 2.60. The number of alkyl halides is 2. The maximum Gasteiger partial charge on any atom is 0.155 e. The van der Waals surface area contributed by atoms with Gasteiger partial charge in [0.15, 0.2) is 11.3 Å². The summed E-state index contributed by atoms with van der Waals surface area (Å²) in [5, 5.41) is 0. The van der Waals surface area contributed by atoms with Gasteiger partial charge in [0.25, 0.3) is 0 Å². The van der Waals surface area contributed by atoms with Gasteiger partial charge in [-0.3, -0.25) is 0 Å². The van der Waals surface area contributed by atoms with Gasteiger partial charge in [0, 0.05) is 10.8 Å². The molecular weight excluding hydrogens is 644 g/mol. The van der Waals surface area contributed by atoms with Gasteiger partial charge in [0.1, 0.15) is 11.7 Å². The van der Waals surface area contributed by atoms with Crippen LogP contribution < -0.4 is 0 Å². The van der Waals surface area contributed by atoms with E-state index in [2.05, 4.69) is 13.8 Å². The lowest BCUT2D eigenvalue weighted by Gasteiger charge is -2.53. The van der Waals surface area contributed by atoms with E-state index in [4.69, 9.17) is 4.74 Å². The van der Waals surface area contributed by atoms with Crippen molar-refractivity contribution in [1.82, 2.24) is 0 Å². The van der Waals surface area contributed by atoms with E-state index in [9.17, 15) is 0 Å². The minimum atomic E-state index is -1.79. The molecule has 6 aliphatic carbocycles. The molecule has 0 unspecified atom stereocenters. The van der Waals surface area contributed by atoms with Crippen LogP contribution >= 0.6 is 0 Å². The van der Waals surface area contributed by atoms with Gasteiger partial charge in [-0.2, -0.15) is 0 Å². The number of ether oxygens (including phenoxy) is 1. The largest absolute Gasteiger partial charge is 0.379 e. The van der Waals surface area contributed by atoms with E-state index in [0.29, 0.717) is 0 Å². The fourth-order valence-electron chi connectivity index (χ4n) is 12.2. The zero-order valence-corrected chi connectivity index (χ0v) is 32.2. The smallest absolute Gasteiger partial charge is 0.155 e. The van der Waals surface area contributed by atoms with Gasteiger partial charge in [0.05, 0.1) is 25.0 Å². The van der Waals surface area contributed by atoms with Crippen molar-refractivity contribution < 1.29 is 22.3 Å².